The van der Waals surface area contributed by atoms with Crippen molar-refractivity contribution in [3.05, 3.63) is 11.6 Å². The van der Waals surface area contributed by atoms with Gasteiger partial charge in [0.05, 0.1) is 0 Å². The number of hydrogen-bond donors (Lipinski definition) is 2. The Morgan fingerprint density at radius 2 is 2.40 bits per heavy atom. The summed E-state index contributed by atoms with van der Waals surface area (Å²) in [7, 11) is 2.21. The number of anilines is 1. The first-order chi connectivity index (χ1) is 4.63. The van der Waals surface area contributed by atoms with E-state index < -0.39 is 0 Å². The summed E-state index contributed by atoms with van der Waals surface area (Å²) in [5, 5.41) is 10.5. The highest BCUT2D eigenvalue weighted by atomic mass is 32.1. The molecule has 0 saturated heterocycles. The third-order valence-corrected chi connectivity index (χ3v) is 1.06. The summed E-state index contributed by atoms with van der Waals surface area (Å²) in [4.78, 5) is 3.71. The van der Waals surface area contributed by atoms with E-state index in [9.17, 15) is 0 Å². The average molecular weight is 176 g/mol. The monoisotopic (exact) mass is 176 g/mol. The third-order valence-electron chi connectivity index (χ3n) is 0.451. The predicted octanol–water partition coefficient (Wildman–Crippen LogP) is 0.697. The summed E-state index contributed by atoms with van der Waals surface area (Å²) in [6.45, 7) is 1.44. The number of thiazole rings is 1. The minimum atomic E-state index is -0.250. The van der Waals surface area contributed by atoms with Crippen molar-refractivity contribution < 1.29 is 5.02 Å². The highest BCUT2D eigenvalue weighted by Crippen LogP contribution is 2.02. The van der Waals surface area contributed by atoms with Gasteiger partial charge in [-0.25, -0.2) is 4.98 Å². The number of rotatable bonds is 0. The molecule has 0 aliphatic carbocycles. The second-order valence-electron chi connectivity index (χ2n) is 1.61. The van der Waals surface area contributed by atoms with E-state index >= 15 is 0 Å². The van der Waals surface area contributed by atoms with Crippen molar-refractivity contribution in [2.45, 2.75) is 6.82 Å². The minimum absolute atomic E-state index is 0.250. The molecule has 1 atom stereocenters. The van der Waals surface area contributed by atoms with Crippen molar-refractivity contribution in [1.82, 2.24) is 4.98 Å². The molecule has 3 N–H and O–H groups in total. The summed E-state index contributed by atoms with van der Waals surface area (Å²) in [6.07, 6.45) is 1.68. The van der Waals surface area contributed by atoms with Crippen LogP contribution in [-0.2, 0) is 0 Å². The van der Waals surface area contributed by atoms with Gasteiger partial charge in [0.1, 0.15) is 0 Å². The van der Waals surface area contributed by atoms with Crippen LogP contribution in [0.5, 0.6) is 0 Å². The second kappa shape index (κ2) is 5.65. The minimum Gasteiger partial charge on any atom is -0.447 e. The summed E-state index contributed by atoms with van der Waals surface area (Å²) < 4.78 is 0. The van der Waals surface area contributed by atoms with Crippen LogP contribution in [0.1, 0.15) is 0 Å². The maximum Gasteiger partial charge on any atom is 0.308 e. The summed E-state index contributed by atoms with van der Waals surface area (Å²) in [5.74, 6) is 0. The maximum atomic E-state index is 8.02. The molecule has 0 spiro atoms. The van der Waals surface area contributed by atoms with E-state index in [0.29, 0.717) is 5.13 Å². The molecule has 1 aromatic heterocycles. The molecule has 56 valence electrons. The molecule has 0 aliphatic heterocycles. The lowest BCUT2D eigenvalue weighted by molar-refractivity contribution is 0.603. The first-order valence-corrected chi connectivity index (χ1v) is 4.26. The Balaban J connectivity index is 0.000000180. The molecular weight excluding hydrogens is 166 g/mol. The standard InChI is InChI=1S/C3H4N2S.CH6BOP/c4-3-5-1-2-6-3;1-2(3)4/h1-2H,(H2,4,5);3H,4H2,1H3. The van der Waals surface area contributed by atoms with Crippen LogP contribution in [0.15, 0.2) is 11.6 Å². The van der Waals surface area contributed by atoms with Gasteiger partial charge in [0, 0.05) is 11.6 Å². The molecule has 0 radical (unpaired) electrons. The fourth-order valence-corrected chi connectivity index (χ4v) is 0.617. The fourth-order valence-electron chi connectivity index (χ4n) is 0.234. The van der Waals surface area contributed by atoms with E-state index in [2.05, 4.69) is 14.1 Å². The van der Waals surface area contributed by atoms with Gasteiger partial charge in [-0.05, 0) is 0 Å². The molecule has 1 heterocycles. The molecule has 10 heavy (non-hydrogen) atoms. The van der Waals surface area contributed by atoms with Crippen LogP contribution in [-0.4, -0.2) is 16.6 Å². The Bertz CT molecular complexity index is 156. The SMILES string of the molecule is CB(O)P.Nc1nccs1. The number of nitrogen functional groups attached to an aromatic ring is 1. The topological polar surface area (TPSA) is 59.1 Å². The lowest BCUT2D eigenvalue weighted by atomic mass is 10.1. The van der Waals surface area contributed by atoms with E-state index in [1.165, 1.54) is 11.3 Å². The first kappa shape index (κ1) is 9.88. The first-order valence-electron chi connectivity index (χ1n) is 2.71. The van der Waals surface area contributed by atoms with E-state index in [4.69, 9.17) is 10.8 Å². The molecule has 0 aliphatic rings. The van der Waals surface area contributed by atoms with Crippen LogP contribution < -0.4 is 5.73 Å². The van der Waals surface area contributed by atoms with Crippen LogP contribution in [0, 0.1) is 0 Å². The van der Waals surface area contributed by atoms with Gasteiger partial charge in [-0.2, -0.15) is 0 Å². The quantitative estimate of drug-likeness (QED) is 0.451. The summed E-state index contributed by atoms with van der Waals surface area (Å²) in [6, 6.07) is 0. The average Bonchev–Trinajstić information content (AvgIpc) is 2.15. The molecular formula is C4H10BN2OPS. The number of nitrogens with two attached hydrogens (primary N) is 1. The highest BCUT2D eigenvalue weighted by Gasteiger charge is 1.81. The van der Waals surface area contributed by atoms with Gasteiger partial charge in [0.15, 0.2) is 5.13 Å². The normalized spacial score (nSPS) is 7.90. The van der Waals surface area contributed by atoms with Crippen molar-refractivity contribution in [3.63, 3.8) is 0 Å². The lowest BCUT2D eigenvalue weighted by Gasteiger charge is -1.72. The zero-order chi connectivity index (χ0) is 7.98. The van der Waals surface area contributed by atoms with Gasteiger partial charge >= 0.3 is 6.64 Å². The summed E-state index contributed by atoms with van der Waals surface area (Å²) >= 11 is 1.44. The lowest BCUT2D eigenvalue weighted by Crippen LogP contribution is -1.86. The Hall–Kier alpha value is -0.115. The molecule has 3 nitrogen and oxygen atoms in total. The maximum absolute atomic E-state index is 8.02. The van der Waals surface area contributed by atoms with Gasteiger partial charge in [-0.1, -0.05) is 6.82 Å². The zero-order valence-corrected chi connectivity index (χ0v) is 7.66. The zero-order valence-electron chi connectivity index (χ0n) is 5.69. The third kappa shape index (κ3) is 7.88. The second-order valence-corrected chi connectivity index (χ2v) is 3.50. The van der Waals surface area contributed by atoms with Crippen molar-refractivity contribution in [2.24, 2.45) is 0 Å². The molecule has 0 amide bonds. The molecule has 6 heteroatoms. The van der Waals surface area contributed by atoms with Crippen LogP contribution in [0.4, 0.5) is 5.13 Å². The van der Waals surface area contributed by atoms with Crippen molar-refractivity contribution in [2.75, 3.05) is 5.73 Å². The van der Waals surface area contributed by atoms with Gasteiger partial charge in [0.25, 0.3) is 0 Å². The van der Waals surface area contributed by atoms with Gasteiger partial charge in [0.2, 0.25) is 0 Å². The van der Waals surface area contributed by atoms with Crippen LogP contribution >= 0.6 is 20.5 Å². The van der Waals surface area contributed by atoms with E-state index in [1.807, 2.05) is 5.38 Å². The van der Waals surface area contributed by atoms with Crippen molar-refractivity contribution in [3.8, 4) is 0 Å². The Morgan fingerprint density at radius 3 is 2.50 bits per heavy atom. The molecule has 1 rings (SSSR count). The van der Waals surface area contributed by atoms with Gasteiger partial charge in [-0.3, -0.25) is 0 Å². The Labute approximate surface area is 66.9 Å². The van der Waals surface area contributed by atoms with E-state index in [1.54, 1.807) is 13.0 Å². The molecule has 1 unspecified atom stereocenters. The Morgan fingerprint density at radius 1 is 1.90 bits per heavy atom. The van der Waals surface area contributed by atoms with Crippen molar-refractivity contribution in [1.29, 1.82) is 0 Å². The largest absolute Gasteiger partial charge is 0.447 e. The van der Waals surface area contributed by atoms with Crippen LogP contribution in [0.25, 0.3) is 0 Å². The number of nitrogens with zero attached hydrogens (tertiary/aromatic N) is 1. The predicted molar refractivity (Wildman–Crippen MR) is 50.1 cm³/mol. The number of hydrogen-bond acceptors (Lipinski definition) is 4. The van der Waals surface area contributed by atoms with Gasteiger partial charge in [-0.15, -0.1) is 20.5 Å². The molecule has 0 saturated carbocycles. The molecule has 0 fully saturated rings. The highest BCUT2D eigenvalue weighted by molar-refractivity contribution is 7.59. The van der Waals surface area contributed by atoms with Crippen LogP contribution in [0.3, 0.4) is 0 Å². The molecule has 0 bridgehead atoms. The van der Waals surface area contributed by atoms with E-state index in [0.717, 1.165) is 0 Å². The van der Waals surface area contributed by atoms with Crippen molar-refractivity contribution >= 4 is 32.2 Å². The van der Waals surface area contributed by atoms with E-state index in [-0.39, 0.29) is 6.64 Å². The Kier molecular flexibility index (Phi) is 5.59. The summed E-state index contributed by atoms with van der Waals surface area (Å²) in [5.41, 5.74) is 5.19. The smallest absolute Gasteiger partial charge is 0.308 e. The fraction of sp³-hybridized carbons (Fsp3) is 0.250. The molecule has 1 aromatic rings. The number of aromatic nitrogens is 1. The van der Waals surface area contributed by atoms with Gasteiger partial charge < -0.3 is 10.8 Å². The molecule has 0 aromatic carbocycles. The van der Waals surface area contributed by atoms with Crippen LogP contribution in [0.2, 0.25) is 6.82 Å².